The van der Waals surface area contributed by atoms with E-state index in [4.69, 9.17) is 9.88 Å². The first kappa shape index (κ1) is 14.1. The van der Waals surface area contributed by atoms with Gasteiger partial charge in [0.25, 0.3) is 0 Å². The van der Waals surface area contributed by atoms with Crippen molar-refractivity contribution in [3.63, 3.8) is 0 Å². The lowest BCUT2D eigenvalue weighted by molar-refractivity contribution is 0.109. The first-order valence-corrected chi connectivity index (χ1v) is 7.69. The van der Waals surface area contributed by atoms with Crippen LogP contribution >= 0.6 is 35.9 Å². The Morgan fingerprint density at radius 2 is 2.17 bits per heavy atom. The van der Waals surface area contributed by atoms with Crippen LogP contribution in [0.3, 0.4) is 0 Å². The van der Waals surface area contributed by atoms with E-state index in [1.54, 1.807) is 11.3 Å². The zero-order valence-electron chi connectivity index (χ0n) is 9.76. The summed E-state index contributed by atoms with van der Waals surface area (Å²) in [6.45, 7) is 3.83. The molecule has 1 aromatic carbocycles. The van der Waals surface area contributed by atoms with E-state index >= 15 is 0 Å². The van der Waals surface area contributed by atoms with Crippen LogP contribution in [0.1, 0.15) is 0 Å². The molecule has 1 aliphatic heterocycles. The Bertz CT molecular complexity index is 488. The van der Waals surface area contributed by atoms with E-state index in [0.29, 0.717) is 0 Å². The third kappa shape index (κ3) is 3.84. The van der Waals surface area contributed by atoms with Crippen molar-refractivity contribution >= 4 is 46.1 Å². The standard InChI is InChI=1S/C7H6N2S3.C4H9NO/c8-12-7-9-6-4(10)2-1-3-5(6)11-7;1-3-6-4-2-5-1/h1-3,10H,8H2;5H,1-4H2. The number of aromatic nitrogens is 1. The highest BCUT2D eigenvalue weighted by Gasteiger charge is 2.04. The quantitative estimate of drug-likeness (QED) is 0.556. The molecular formula is C11H15N3OS3. The number of nitrogens with zero attached hydrogens (tertiary/aromatic N) is 1. The minimum Gasteiger partial charge on any atom is -0.379 e. The van der Waals surface area contributed by atoms with Crippen molar-refractivity contribution in [1.82, 2.24) is 10.3 Å². The Labute approximate surface area is 120 Å². The zero-order chi connectivity index (χ0) is 12.8. The summed E-state index contributed by atoms with van der Waals surface area (Å²) in [5.74, 6) is 0. The molecule has 0 unspecified atom stereocenters. The van der Waals surface area contributed by atoms with Gasteiger partial charge in [0, 0.05) is 18.0 Å². The number of ether oxygens (including phenoxy) is 1. The number of benzene rings is 1. The summed E-state index contributed by atoms with van der Waals surface area (Å²) in [5, 5.41) is 8.56. The molecule has 0 aliphatic carbocycles. The third-order valence-electron chi connectivity index (χ3n) is 2.33. The maximum Gasteiger partial charge on any atom is 0.165 e. The SMILES string of the molecule is C1COCCN1.NSc1nc2c(S)cccc2s1. The van der Waals surface area contributed by atoms with E-state index in [-0.39, 0.29) is 0 Å². The van der Waals surface area contributed by atoms with Crippen molar-refractivity contribution in [3.05, 3.63) is 18.2 Å². The Kier molecular flexibility index (Phi) is 5.74. The van der Waals surface area contributed by atoms with Gasteiger partial charge < -0.3 is 10.1 Å². The van der Waals surface area contributed by atoms with Crippen LogP contribution in [0.5, 0.6) is 0 Å². The summed E-state index contributed by atoms with van der Waals surface area (Å²) in [5.41, 5.74) is 0.943. The Morgan fingerprint density at radius 3 is 2.67 bits per heavy atom. The molecule has 0 saturated carbocycles. The summed E-state index contributed by atoms with van der Waals surface area (Å²) < 4.78 is 7.02. The van der Waals surface area contributed by atoms with Crippen molar-refractivity contribution in [3.8, 4) is 0 Å². The molecule has 2 aromatic rings. The highest BCUT2D eigenvalue weighted by molar-refractivity contribution is 7.99. The maximum absolute atomic E-state index is 5.40. The topological polar surface area (TPSA) is 60.2 Å². The van der Waals surface area contributed by atoms with E-state index < -0.39 is 0 Å². The van der Waals surface area contributed by atoms with Gasteiger partial charge in [0.2, 0.25) is 0 Å². The molecule has 1 saturated heterocycles. The first-order valence-electron chi connectivity index (χ1n) is 5.55. The number of thiazole rings is 1. The Morgan fingerprint density at radius 1 is 1.39 bits per heavy atom. The molecule has 0 spiro atoms. The van der Waals surface area contributed by atoms with Crippen molar-refractivity contribution in [2.24, 2.45) is 5.14 Å². The number of nitrogens with one attached hydrogen (secondary N) is 1. The van der Waals surface area contributed by atoms with Gasteiger partial charge in [0.15, 0.2) is 4.34 Å². The van der Waals surface area contributed by atoms with Crippen LogP contribution in [0.4, 0.5) is 0 Å². The molecule has 4 nitrogen and oxygen atoms in total. The molecule has 0 radical (unpaired) electrons. The van der Waals surface area contributed by atoms with Gasteiger partial charge in [0.1, 0.15) is 0 Å². The minimum absolute atomic E-state index is 0.881. The molecule has 2 heterocycles. The molecular weight excluding hydrogens is 286 g/mol. The molecule has 0 bridgehead atoms. The fourth-order valence-corrected chi connectivity index (χ4v) is 3.14. The highest BCUT2D eigenvalue weighted by atomic mass is 32.2. The maximum atomic E-state index is 5.40. The van der Waals surface area contributed by atoms with Crippen LogP contribution in [0.2, 0.25) is 0 Å². The normalized spacial score (nSPS) is 15.2. The van der Waals surface area contributed by atoms with Crippen LogP contribution in [-0.2, 0) is 4.74 Å². The number of nitrogens with two attached hydrogens (primary N) is 1. The largest absolute Gasteiger partial charge is 0.379 e. The van der Waals surface area contributed by atoms with E-state index in [2.05, 4.69) is 22.9 Å². The molecule has 3 rings (SSSR count). The summed E-state index contributed by atoms with van der Waals surface area (Å²) in [6.07, 6.45) is 0. The molecule has 1 aromatic heterocycles. The van der Waals surface area contributed by atoms with Crippen LogP contribution < -0.4 is 10.5 Å². The van der Waals surface area contributed by atoms with Crippen LogP contribution in [0.25, 0.3) is 10.2 Å². The molecule has 0 atom stereocenters. The number of hydrogen-bond donors (Lipinski definition) is 3. The van der Waals surface area contributed by atoms with Gasteiger partial charge in [0.05, 0.1) is 23.4 Å². The summed E-state index contributed by atoms with van der Waals surface area (Å²) >= 11 is 7.06. The summed E-state index contributed by atoms with van der Waals surface area (Å²) in [4.78, 5) is 5.22. The van der Waals surface area contributed by atoms with Crippen LogP contribution in [0, 0.1) is 0 Å². The molecule has 3 N–H and O–H groups in total. The van der Waals surface area contributed by atoms with Gasteiger partial charge >= 0.3 is 0 Å². The minimum atomic E-state index is 0.881. The number of thiol groups is 1. The molecule has 18 heavy (non-hydrogen) atoms. The number of hydrogen-bond acceptors (Lipinski definition) is 7. The van der Waals surface area contributed by atoms with E-state index in [9.17, 15) is 0 Å². The fourth-order valence-electron chi connectivity index (χ4n) is 1.48. The fraction of sp³-hybridized carbons (Fsp3) is 0.364. The number of para-hydroxylation sites is 1. The lowest BCUT2D eigenvalue weighted by Crippen LogP contribution is -2.30. The second kappa shape index (κ2) is 7.32. The lowest BCUT2D eigenvalue weighted by Gasteiger charge is -2.10. The summed E-state index contributed by atoms with van der Waals surface area (Å²) in [6, 6.07) is 5.91. The lowest BCUT2D eigenvalue weighted by atomic mass is 10.3. The van der Waals surface area contributed by atoms with E-state index in [1.807, 2.05) is 18.2 Å². The van der Waals surface area contributed by atoms with Crippen LogP contribution in [0.15, 0.2) is 27.4 Å². The third-order valence-corrected chi connectivity index (χ3v) is 4.33. The van der Waals surface area contributed by atoms with E-state index in [1.165, 1.54) is 11.9 Å². The average Bonchev–Trinajstić information content (AvgIpc) is 2.86. The van der Waals surface area contributed by atoms with Gasteiger partial charge in [-0.15, -0.1) is 24.0 Å². The van der Waals surface area contributed by atoms with Gasteiger partial charge in [-0.05, 0) is 24.1 Å². The van der Waals surface area contributed by atoms with Crippen molar-refractivity contribution in [2.75, 3.05) is 26.3 Å². The Balaban J connectivity index is 0.000000169. The molecule has 7 heteroatoms. The zero-order valence-corrected chi connectivity index (χ0v) is 12.3. The average molecular weight is 301 g/mol. The predicted octanol–water partition coefficient (Wildman–Crippen LogP) is 2.16. The number of fused-ring (bicyclic) bond motifs is 1. The van der Waals surface area contributed by atoms with E-state index in [0.717, 1.165) is 45.8 Å². The van der Waals surface area contributed by atoms with Gasteiger partial charge in [-0.1, -0.05) is 6.07 Å². The number of morpholine rings is 1. The highest BCUT2D eigenvalue weighted by Crippen LogP contribution is 2.30. The van der Waals surface area contributed by atoms with Gasteiger partial charge in [-0.3, -0.25) is 5.14 Å². The van der Waals surface area contributed by atoms with Gasteiger partial charge in [-0.25, -0.2) is 4.98 Å². The summed E-state index contributed by atoms with van der Waals surface area (Å²) in [7, 11) is 0. The smallest absolute Gasteiger partial charge is 0.165 e. The molecule has 98 valence electrons. The van der Waals surface area contributed by atoms with Gasteiger partial charge in [-0.2, -0.15) is 0 Å². The first-order chi connectivity index (χ1) is 8.81. The number of rotatable bonds is 1. The molecule has 1 aliphatic rings. The van der Waals surface area contributed by atoms with Crippen LogP contribution in [-0.4, -0.2) is 31.3 Å². The monoisotopic (exact) mass is 301 g/mol. The molecule has 0 amide bonds. The second-order valence-electron chi connectivity index (χ2n) is 3.58. The van der Waals surface area contributed by atoms with Crippen molar-refractivity contribution < 1.29 is 4.74 Å². The van der Waals surface area contributed by atoms with Crippen molar-refractivity contribution in [1.29, 1.82) is 0 Å². The van der Waals surface area contributed by atoms with Crippen molar-refractivity contribution in [2.45, 2.75) is 9.24 Å². The second-order valence-corrected chi connectivity index (χ2v) is 5.98. The molecule has 1 fully saturated rings. The Hall–Kier alpha value is -0.310. The predicted molar refractivity (Wildman–Crippen MR) is 80.6 cm³/mol.